The van der Waals surface area contributed by atoms with Gasteiger partial charge in [0.2, 0.25) is 0 Å². The number of aliphatic carboxylic acids is 1. The number of rotatable bonds is 20. The van der Waals surface area contributed by atoms with Gasteiger partial charge >= 0.3 is 5.97 Å². The minimum Gasteiger partial charge on any atom is -0.504 e. The summed E-state index contributed by atoms with van der Waals surface area (Å²) in [6.45, 7) is -2.37. The summed E-state index contributed by atoms with van der Waals surface area (Å²) >= 11 is 0. The van der Waals surface area contributed by atoms with E-state index in [-0.39, 0.29) is 55.2 Å². The van der Waals surface area contributed by atoms with Crippen LogP contribution in [0.5, 0.6) is 23.0 Å². The molecule has 3 aliphatic rings. The molecule has 1 aliphatic carbocycles. The predicted molar refractivity (Wildman–Crippen MR) is 231 cm³/mol. The molecule has 9 atom stereocenters. The van der Waals surface area contributed by atoms with Crippen molar-refractivity contribution in [2.24, 2.45) is 23.5 Å². The quantitative estimate of drug-likeness (QED) is 0.0572. The van der Waals surface area contributed by atoms with Crippen molar-refractivity contribution in [3.05, 3.63) is 95.1 Å². The van der Waals surface area contributed by atoms with E-state index in [1.165, 1.54) is 43.5 Å². The maximum Gasteiger partial charge on any atom is 0.336 e. The summed E-state index contributed by atoms with van der Waals surface area (Å²) in [7, 11) is 1.49. The monoisotopic (exact) mass is 890 g/mol. The molecule has 3 aromatic rings. The molecule has 17 nitrogen and oxygen atoms in total. The molecule has 346 valence electrons. The number of aryl methyl sites for hydroxylation is 1. The van der Waals surface area contributed by atoms with Crippen molar-refractivity contribution in [2.45, 2.75) is 73.8 Å². The van der Waals surface area contributed by atoms with Crippen molar-refractivity contribution in [2.75, 3.05) is 46.6 Å². The fraction of sp³-hybridized carbons (Fsp3) is 0.468. The van der Waals surface area contributed by atoms with Crippen LogP contribution < -0.4 is 15.8 Å². The Morgan fingerprint density at radius 3 is 2.38 bits per heavy atom. The first-order valence-corrected chi connectivity index (χ1v) is 21.3. The molecule has 0 aromatic heterocycles. The molecule has 0 spiro atoms. The number of carboxylic acid groups (broad SMARTS) is 1. The number of aromatic hydroxyl groups is 3. The lowest BCUT2D eigenvalue weighted by Crippen LogP contribution is -2.82. The Balaban J connectivity index is 1.42. The number of aliphatic hydroxyl groups excluding tert-OH is 4. The standard InChI is InChI=1S/C47H58N2O15/c1-49-41(25-52)47-40-20-33(24-51)45(64-47,42(58)14-11-31-18-35(54)36(55)19-32(31)23-50)21-30(8-7-28-5-3-2-4-6-28)26-62-43(47)38(57)22-46(40,44(59)60)63-27-34(53)12-9-29-10-13-39(37(56)17-29)61-16-15-48/h2-6,9-14,17-19,30,33,38,40-41,43,49-52,54-57H,7-8,15-16,20-27,48H2,1H3,(H,59,60)/b12-9+,14-11+/t30-,33-,38-,40-,41-,43-,45-,46+,47+/m1/s1. The smallest absolute Gasteiger partial charge is 0.336 e. The lowest BCUT2D eigenvalue weighted by atomic mass is 9.53. The van der Waals surface area contributed by atoms with Gasteiger partial charge in [0.15, 0.2) is 40.2 Å². The summed E-state index contributed by atoms with van der Waals surface area (Å²) < 4.78 is 25.3. The van der Waals surface area contributed by atoms with Crippen molar-refractivity contribution in [3.63, 3.8) is 0 Å². The molecule has 2 saturated heterocycles. The second kappa shape index (κ2) is 20.7. The summed E-state index contributed by atoms with van der Waals surface area (Å²) in [5.74, 6) is -6.83. The third-order valence-electron chi connectivity index (χ3n) is 12.9. The van der Waals surface area contributed by atoms with Gasteiger partial charge in [0.25, 0.3) is 0 Å². The van der Waals surface area contributed by atoms with Gasteiger partial charge in [-0.15, -0.1) is 0 Å². The number of carbonyl (C=O) groups is 3. The minimum absolute atomic E-state index is 0.0362. The van der Waals surface area contributed by atoms with Crippen LogP contribution in [0.3, 0.4) is 0 Å². The molecule has 1 saturated carbocycles. The van der Waals surface area contributed by atoms with Crippen molar-refractivity contribution < 1.29 is 74.2 Å². The number of ketones is 2. The zero-order valence-corrected chi connectivity index (χ0v) is 35.5. The predicted octanol–water partition coefficient (Wildman–Crippen LogP) is 1.84. The van der Waals surface area contributed by atoms with E-state index in [0.717, 1.165) is 17.7 Å². The number of fused-ring (bicyclic) bond motifs is 1. The Morgan fingerprint density at radius 2 is 1.72 bits per heavy atom. The van der Waals surface area contributed by atoms with E-state index in [4.69, 9.17) is 24.7 Å². The number of phenols is 3. The summed E-state index contributed by atoms with van der Waals surface area (Å²) in [6.07, 6.45) is 2.12. The molecule has 6 rings (SSSR count). The van der Waals surface area contributed by atoms with Crippen LogP contribution in [0.4, 0.5) is 0 Å². The van der Waals surface area contributed by atoms with Gasteiger partial charge in [0.05, 0.1) is 32.0 Å². The van der Waals surface area contributed by atoms with Crippen molar-refractivity contribution in [3.8, 4) is 23.0 Å². The van der Waals surface area contributed by atoms with Gasteiger partial charge in [-0.05, 0) is 97.3 Å². The number of hydrogen-bond acceptors (Lipinski definition) is 16. The number of hydrogen-bond donors (Lipinski definition) is 10. The Bertz CT molecular complexity index is 2180. The molecule has 17 heteroatoms. The molecular formula is C47H58N2O15. The van der Waals surface area contributed by atoms with E-state index in [1.54, 1.807) is 6.07 Å². The minimum atomic E-state index is -2.41. The fourth-order valence-electron chi connectivity index (χ4n) is 9.78. The van der Waals surface area contributed by atoms with Crippen LogP contribution >= 0.6 is 0 Å². The normalized spacial score (nSPS) is 28.4. The fourth-order valence-corrected chi connectivity index (χ4v) is 9.78. The highest BCUT2D eigenvalue weighted by Gasteiger charge is 2.75. The van der Waals surface area contributed by atoms with Crippen LogP contribution in [-0.4, -0.2) is 140 Å². The van der Waals surface area contributed by atoms with Crippen LogP contribution in [-0.2, 0) is 41.6 Å². The highest BCUT2D eigenvalue weighted by atomic mass is 16.6. The van der Waals surface area contributed by atoms with Crippen molar-refractivity contribution in [1.82, 2.24) is 5.32 Å². The Morgan fingerprint density at radius 1 is 0.969 bits per heavy atom. The molecular weight excluding hydrogens is 833 g/mol. The number of aliphatic hydroxyl groups is 4. The van der Waals surface area contributed by atoms with Gasteiger partial charge in [-0.25, -0.2) is 4.79 Å². The molecule has 2 heterocycles. The average Bonchev–Trinajstić information content (AvgIpc) is 3.28. The Kier molecular flexibility index (Phi) is 15.6. The lowest BCUT2D eigenvalue weighted by molar-refractivity contribution is -0.356. The summed E-state index contributed by atoms with van der Waals surface area (Å²) in [4.78, 5) is 42.3. The van der Waals surface area contributed by atoms with Crippen LogP contribution in [0.2, 0.25) is 0 Å². The molecule has 64 heavy (non-hydrogen) atoms. The van der Waals surface area contributed by atoms with Gasteiger partial charge in [0, 0.05) is 31.4 Å². The Labute approximate surface area is 370 Å². The first-order valence-electron chi connectivity index (χ1n) is 21.3. The van der Waals surface area contributed by atoms with Crippen LogP contribution in [0.1, 0.15) is 47.9 Å². The SMILES string of the molecule is CN[C@H](CO)[C@]12O[C@]3(C(=O)/C=C/c4cc(O)c(O)cc4CO)C[C@@H](CCc4ccccc4)CO[C@@H]1[C@H](O)C[C@@](OCC(=O)/C=C/c1ccc(OCCN)c(O)c1)(C(=O)O)[C@H]2C[C@@H]3CO. The van der Waals surface area contributed by atoms with Gasteiger partial charge in [-0.2, -0.15) is 0 Å². The maximum atomic E-state index is 15.1. The van der Waals surface area contributed by atoms with Gasteiger partial charge in [-0.1, -0.05) is 48.6 Å². The van der Waals surface area contributed by atoms with Gasteiger partial charge in [0.1, 0.15) is 30.5 Å². The van der Waals surface area contributed by atoms with Crippen LogP contribution in [0, 0.1) is 17.8 Å². The number of benzene rings is 3. The molecule has 3 fully saturated rings. The number of ether oxygens (including phenoxy) is 4. The van der Waals surface area contributed by atoms with Crippen LogP contribution in [0.25, 0.3) is 12.2 Å². The number of likely N-dealkylation sites (N-methyl/N-ethyl adjacent to an activating group) is 1. The number of nitrogens with one attached hydrogen (secondary N) is 1. The molecule has 2 aliphatic heterocycles. The lowest BCUT2D eigenvalue weighted by Gasteiger charge is -2.66. The second-order valence-electron chi connectivity index (χ2n) is 16.7. The molecule has 3 aromatic carbocycles. The third-order valence-corrected chi connectivity index (χ3v) is 12.9. The molecule has 0 radical (unpaired) electrons. The van der Waals surface area contributed by atoms with E-state index >= 15 is 4.79 Å². The van der Waals surface area contributed by atoms with Gasteiger partial charge < -0.3 is 70.9 Å². The highest BCUT2D eigenvalue weighted by Crippen LogP contribution is 2.59. The molecule has 11 N–H and O–H groups in total. The van der Waals surface area contributed by atoms with Crippen molar-refractivity contribution >= 4 is 29.7 Å². The van der Waals surface area contributed by atoms with Crippen LogP contribution in [0.15, 0.2) is 72.8 Å². The largest absolute Gasteiger partial charge is 0.504 e. The summed E-state index contributed by atoms with van der Waals surface area (Å²) in [5.41, 5.74) is 0.860. The molecule has 0 unspecified atom stereocenters. The molecule has 0 amide bonds. The maximum absolute atomic E-state index is 15.1. The van der Waals surface area contributed by atoms with E-state index in [2.05, 4.69) is 5.32 Å². The first-order chi connectivity index (χ1) is 30.7. The summed E-state index contributed by atoms with van der Waals surface area (Å²) in [6, 6.07) is 15.2. The number of phenolic OH excluding ortho intramolecular Hbond substituents is 3. The number of carbonyl (C=O) groups excluding carboxylic acids is 2. The topological polar surface area (TPSA) is 288 Å². The number of nitrogens with two attached hydrogens (primary N) is 1. The second-order valence-corrected chi connectivity index (χ2v) is 16.7. The van der Waals surface area contributed by atoms with E-state index < -0.39 is 115 Å². The number of carboxylic acids is 1. The molecule has 2 bridgehead atoms. The van der Waals surface area contributed by atoms with E-state index in [1.807, 2.05) is 30.3 Å². The third kappa shape index (κ3) is 9.59. The van der Waals surface area contributed by atoms with E-state index in [0.29, 0.717) is 18.4 Å². The first kappa shape index (κ1) is 48.3. The Hall–Kier alpha value is -5.21. The van der Waals surface area contributed by atoms with Gasteiger partial charge in [-0.3, -0.25) is 9.59 Å². The summed E-state index contributed by atoms with van der Waals surface area (Å²) in [5, 5.41) is 89.5. The van der Waals surface area contributed by atoms with Crippen molar-refractivity contribution in [1.29, 1.82) is 0 Å². The zero-order valence-electron chi connectivity index (χ0n) is 35.5. The highest BCUT2D eigenvalue weighted by molar-refractivity contribution is 6.01. The zero-order chi connectivity index (χ0) is 46.2. The average molecular weight is 891 g/mol. The van der Waals surface area contributed by atoms with E-state index in [9.17, 15) is 50.4 Å².